The van der Waals surface area contributed by atoms with E-state index in [1.54, 1.807) is 0 Å². The smallest absolute Gasteiger partial charge is 0.330 e. The highest BCUT2D eigenvalue weighted by Crippen LogP contribution is 2.11. The van der Waals surface area contributed by atoms with Gasteiger partial charge in [0.25, 0.3) is 0 Å². The van der Waals surface area contributed by atoms with E-state index in [2.05, 4.69) is 40.9 Å². The zero-order valence-corrected chi connectivity index (χ0v) is 20.3. The molecule has 0 aromatic heterocycles. The van der Waals surface area contributed by atoms with Crippen molar-refractivity contribution in [3.8, 4) is 0 Å². The Morgan fingerprint density at radius 3 is 1.20 bits per heavy atom. The number of ether oxygens (including phenoxy) is 2. The van der Waals surface area contributed by atoms with Crippen LogP contribution in [0.3, 0.4) is 0 Å². The molecule has 176 valence electrons. The van der Waals surface area contributed by atoms with Crippen LogP contribution in [0.1, 0.15) is 105 Å². The average molecular weight is 425 g/mol. The molecule has 0 saturated carbocycles. The molecule has 0 spiro atoms. The molecular weight excluding hydrogens is 376 g/mol. The Bertz CT molecular complexity index is 387. The SMILES string of the molecule is C=CC(=O)OCCCCCCCC(C)C.C=CC(=O)OCCCCCCCC(C)C. The molecular formula is C26H48O4. The first kappa shape index (κ1) is 30.6. The Morgan fingerprint density at radius 1 is 0.600 bits per heavy atom. The van der Waals surface area contributed by atoms with Crippen LogP contribution >= 0.6 is 0 Å². The minimum Gasteiger partial charge on any atom is -0.463 e. The number of hydrogen-bond acceptors (Lipinski definition) is 4. The van der Waals surface area contributed by atoms with Crippen molar-refractivity contribution in [3.63, 3.8) is 0 Å². The highest BCUT2D eigenvalue weighted by Gasteiger charge is 1.98. The van der Waals surface area contributed by atoms with E-state index in [4.69, 9.17) is 9.47 Å². The lowest BCUT2D eigenvalue weighted by Gasteiger charge is -2.04. The van der Waals surface area contributed by atoms with Crippen molar-refractivity contribution in [2.24, 2.45) is 11.8 Å². The van der Waals surface area contributed by atoms with Crippen molar-refractivity contribution in [1.82, 2.24) is 0 Å². The van der Waals surface area contributed by atoms with Crippen molar-refractivity contribution in [3.05, 3.63) is 25.3 Å². The summed E-state index contributed by atoms with van der Waals surface area (Å²) in [5.74, 6) is 1.02. The van der Waals surface area contributed by atoms with Gasteiger partial charge in [-0.3, -0.25) is 0 Å². The van der Waals surface area contributed by atoms with Gasteiger partial charge in [0, 0.05) is 12.2 Å². The lowest BCUT2D eigenvalue weighted by molar-refractivity contribution is -0.138. The lowest BCUT2D eigenvalue weighted by atomic mass is 10.0. The zero-order valence-electron chi connectivity index (χ0n) is 20.3. The molecule has 0 unspecified atom stereocenters. The Hall–Kier alpha value is -1.58. The number of rotatable bonds is 18. The Kier molecular flexibility index (Phi) is 24.2. The van der Waals surface area contributed by atoms with E-state index in [0.717, 1.165) is 37.5 Å². The first-order valence-electron chi connectivity index (χ1n) is 11.9. The molecule has 4 heteroatoms. The topological polar surface area (TPSA) is 52.6 Å². The van der Waals surface area contributed by atoms with E-state index in [0.29, 0.717) is 13.2 Å². The molecule has 4 nitrogen and oxygen atoms in total. The molecule has 0 N–H and O–H groups in total. The van der Waals surface area contributed by atoms with Crippen LogP contribution in [-0.2, 0) is 19.1 Å². The average Bonchev–Trinajstić information content (AvgIpc) is 2.71. The van der Waals surface area contributed by atoms with E-state index in [1.807, 2.05) is 0 Å². The maximum atomic E-state index is 10.7. The summed E-state index contributed by atoms with van der Waals surface area (Å²) < 4.78 is 9.76. The molecule has 30 heavy (non-hydrogen) atoms. The van der Waals surface area contributed by atoms with Crippen LogP contribution in [0.4, 0.5) is 0 Å². The summed E-state index contributed by atoms with van der Waals surface area (Å²) >= 11 is 0. The lowest BCUT2D eigenvalue weighted by Crippen LogP contribution is -2.01. The van der Waals surface area contributed by atoms with Gasteiger partial charge in [0.05, 0.1) is 13.2 Å². The van der Waals surface area contributed by atoms with Crippen LogP contribution < -0.4 is 0 Å². The molecule has 0 atom stereocenters. The molecule has 0 aromatic rings. The van der Waals surface area contributed by atoms with Crippen molar-refractivity contribution in [1.29, 1.82) is 0 Å². The second kappa shape index (κ2) is 23.7. The summed E-state index contributed by atoms with van der Waals surface area (Å²) in [5, 5.41) is 0. The molecule has 0 aliphatic rings. The third-order valence-corrected chi connectivity index (χ3v) is 4.67. The molecule has 0 aliphatic carbocycles. The molecule has 0 fully saturated rings. The fourth-order valence-corrected chi connectivity index (χ4v) is 2.83. The molecule has 0 rings (SSSR count). The minimum atomic E-state index is -0.310. The van der Waals surface area contributed by atoms with E-state index < -0.39 is 0 Å². The van der Waals surface area contributed by atoms with E-state index in [9.17, 15) is 9.59 Å². The zero-order chi connectivity index (χ0) is 23.0. The molecule has 0 aliphatic heterocycles. The van der Waals surface area contributed by atoms with Crippen LogP contribution in [-0.4, -0.2) is 25.2 Å². The maximum Gasteiger partial charge on any atom is 0.330 e. The molecule has 0 amide bonds. The Labute approximate surface area is 186 Å². The van der Waals surface area contributed by atoms with Crippen LogP contribution in [0.2, 0.25) is 0 Å². The first-order valence-corrected chi connectivity index (χ1v) is 11.9. The monoisotopic (exact) mass is 424 g/mol. The summed E-state index contributed by atoms with van der Waals surface area (Å²) in [6.07, 6.45) is 17.1. The van der Waals surface area contributed by atoms with Gasteiger partial charge in [-0.15, -0.1) is 0 Å². The molecule has 0 radical (unpaired) electrons. The van der Waals surface area contributed by atoms with Gasteiger partial charge < -0.3 is 9.47 Å². The first-order chi connectivity index (χ1) is 14.3. The number of carbonyl (C=O) groups excluding carboxylic acids is 2. The van der Waals surface area contributed by atoms with Gasteiger partial charge in [0.15, 0.2) is 0 Å². The van der Waals surface area contributed by atoms with Crippen LogP contribution in [0.15, 0.2) is 25.3 Å². The number of hydrogen-bond donors (Lipinski definition) is 0. The van der Waals surface area contributed by atoms with Gasteiger partial charge in [-0.2, -0.15) is 0 Å². The van der Waals surface area contributed by atoms with Gasteiger partial charge >= 0.3 is 11.9 Å². The fraction of sp³-hybridized carbons (Fsp3) is 0.769. The molecule has 0 bridgehead atoms. The summed E-state index contributed by atoms with van der Waals surface area (Å²) in [7, 11) is 0. The van der Waals surface area contributed by atoms with Gasteiger partial charge in [-0.05, 0) is 24.7 Å². The number of unbranched alkanes of at least 4 members (excludes halogenated alkanes) is 8. The summed E-state index contributed by atoms with van der Waals surface area (Å²) in [6, 6.07) is 0. The quantitative estimate of drug-likeness (QED) is 0.130. The largest absolute Gasteiger partial charge is 0.463 e. The molecule has 0 heterocycles. The maximum absolute atomic E-state index is 10.7. The highest BCUT2D eigenvalue weighted by molar-refractivity contribution is 5.81. The second-order valence-electron chi connectivity index (χ2n) is 8.64. The van der Waals surface area contributed by atoms with Crippen molar-refractivity contribution in [2.75, 3.05) is 13.2 Å². The van der Waals surface area contributed by atoms with E-state index in [-0.39, 0.29) is 11.9 Å². The fourth-order valence-electron chi connectivity index (χ4n) is 2.83. The van der Waals surface area contributed by atoms with Crippen molar-refractivity contribution < 1.29 is 19.1 Å². The van der Waals surface area contributed by atoms with E-state index >= 15 is 0 Å². The third kappa shape index (κ3) is 28.6. The van der Waals surface area contributed by atoms with Crippen LogP contribution in [0, 0.1) is 11.8 Å². The standard InChI is InChI=1S/2C13H24O2/c2*1-4-13(14)15-11-9-7-5-6-8-10-12(2)3/h2*4,12H,1,5-11H2,2-3H3. The molecule has 0 aromatic carbocycles. The Balaban J connectivity index is 0. The van der Waals surface area contributed by atoms with Crippen molar-refractivity contribution in [2.45, 2.75) is 105 Å². The van der Waals surface area contributed by atoms with Gasteiger partial charge in [0.1, 0.15) is 0 Å². The predicted molar refractivity (Wildman–Crippen MR) is 127 cm³/mol. The summed E-state index contributed by atoms with van der Waals surface area (Å²) in [4.78, 5) is 21.4. The minimum absolute atomic E-state index is 0.310. The summed E-state index contributed by atoms with van der Waals surface area (Å²) in [5.41, 5.74) is 0. The van der Waals surface area contributed by atoms with Crippen LogP contribution in [0.25, 0.3) is 0 Å². The van der Waals surface area contributed by atoms with Crippen LogP contribution in [0.5, 0.6) is 0 Å². The van der Waals surface area contributed by atoms with Crippen molar-refractivity contribution >= 4 is 11.9 Å². The highest BCUT2D eigenvalue weighted by atomic mass is 16.5. The van der Waals surface area contributed by atoms with Gasteiger partial charge in [-0.1, -0.05) is 105 Å². The molecule has 0 saturated heterocycles. The summed E-state index contributed by atoms with van der Waals surface area (Å²) in [6.45, 7) is 16.8. The number of esters is 2. The number of carbonyl (C=O) groups is 2. The van der Waals surface area contributed by atoms with Gasteiger partial charge in [-0.25, -0.2) is 9.59 Å². The normalized spacial score (nSPS) is 10.3. The second-order valence-corrected chi connectivity index (χ2v) is 8.64. The predicted octanol–water partition coefficient (Wildman–Crippen LogP) is 7.42. The third-order valence-electron chi connectivity index (χ3n) is 4.67. The van der Waals surface area contributed by atoms with E-state index in [1.165, 1.54) is 63.5 Å². The Morgan fingerprint density at radius 2 is 0.900 bits per heavy atom. The van der Waals surface area contributed by atoms with Gasteiger partial charge in [0.2, 0.25) is 0 Å².